The number of ether oxygens (including phenoxy) is 2. The maximum atomic E-state index is 6.13. The van der Waals surface area contributed by atoms with E-state index in [-0.39, 0.29) is 0 Å². The molecule has 1 unspecified atom stereocenters. The van der Waals surface area contributed by atoms with Crippen molar-refractivity contribution in [2.75, 3.05) is 33.4 Å². The van der Waals surface area contributed by atoms with Crippen LogP contribution in [0.25, 0.3) is 11.1 Å². The van der Waals surface area contributed by atoms with E-state index in [0.29, 0.717) is 12.5 Å². The first-order valence-electron chi connectivity index (χ1n) is 9.38. The molecule has 3 nitrogen and oxygen atoms in total. The van der Waals surface area contributed by atoms with Crippen molar-refractivity contribution in [2.24, 2.45) is 5.92 Å². The van der Waals surface area contributed by atoms with E-state index >= 15 is 0 Å². The lowest BCUT2D eigenvalue weighted by atomic mass is 9.88. The molecule has 0 aromatic heterocycles. The molecule has 1 aliphatic heterocycles. The first-order valence-corrected chi connectivity index (χ1v) is 9.38. The van der Waals surface area contributed by atoms with E-state index in [1.807, 2.05) is 0 Å². The normalized spacial score (nSPS) is 17.4. The van der Waals surface area contributed by atoms with Gasteiger partial charge < -0.3 is 14.8 Å². The standard InChI is InChI=1S/C22H29NO2/c1-24-14-7-15-25-21-12-5-11-20(16-18-8-6-13-23-17-18)22(21)19-9-3-2-4-10-19/h2-5,9-12,18,23H,6-8,13-17H2,1H3. The van der Waals surface area contributed by atoms with Gasteiger partial charge in [0.15, 0.2) is 0 Å². The van der Waals surface area contributed by atoms with Crippen LogP contribution in [0.1, 0.15) is 24.8 Å². The van der Waals surface area contributed by atoms with Crippen molar-refractivity contribution in [3.05, 3.63) is 54.1 Å². The minimum absolute atomic E-state index is 0.683. The minimum Gasteiger partial charge on any atom is -0.493 e. The average Bonchev–Trinajstić information content (AvgIpc) is 2.67. The van der Waals surface area contributed by atoms with Crippen molar-refractivity contribution in [1.29, 1.82) is 0 Å². The second-order valence-electron chi connectivity index (χ2n) is 6.77. The molecular weight excluding hydrogens is 310 g/mol. The van der Waals surface area contributed by atoms with Gasteiger partial charge in [-0.3, -0.25) is 0 Å². The highest BCUT2D eigenvalue weighted by atomic mass is 16.5. The Hall–Kier alpha value is -1.84. The summed E-state index contributed by atoms with van der Waals surface area (Å²) in [7, 11) is 1.73. The Morgan fingerprint density at radius 1 is 1.04 bits per heavy atom. The molecule has 2 aromatic rings. The van der Waals surface area contributed by atoms with Gasteiger partial charge >= 0.3 is 0 Å². The maximum absolute atomic E-state index is 6.13. The Kier molecular flexibility index (Phi) is 6.89. The Balaban J connectivity index is 1.85. The molecule has 0 bridgehead atoms. The molecule has 1 aliphatic rings. The van der Waals surface area contributed by atoms with Gasteiger partial charge in [-0.25, -0.2) is 0 Å². The van der Waals surface area contributed by atoms with E-state index in [1.54, 1.807) is 7.11 Å². The lowest BCUT2D eigenvalue weighted by molar-refractivity contribution is 0.172. The lowest BCUT2D eigenvalue weighted by Crippen LogP contribution is -2.30. The van der Waals surface area contributed by atoms with Gasteiger partial charge in [-0.2, -0.15) is 0 Å². The van der Waals surface area contributed by atoms with Crippen LogP contribution >= 0.6 is 0 Å². The van der Waals surface area contributed by atoms with E-state index < -0.39 is 0 Å². The van der Waals surface area contributed by atoms with Gasteiger partial charge in [0.05, 0.1) is 6.61 Å². The predicted octanol–water partition coefficient (Wildman–Crippen LogP) is 4.31. The molecule has 1 atom stereocenters. The lowest BCUT2D eigenvalue weighted by Gasteiger charge is -2.24. The van der Waals surface area contributed by atoms with Crippen LogP contribution in [-0.2, 0) is 11.2 Å². The zero-order chi connectivity index (χ0) is 17.3. The van der Waals surface area contributed by atoms with Crippen molar-refractivity contribution in [3.8, 4) is 16.9 Å². The van der Waals surface area contributed by atoms with Crippen LogP contribution < -0.4 is 10.1 Å². The predicted molar refractivity (Wildman–Crippen MR) is 103 cm³/mol. The summed E-state index contributed by atoms with van der Waals surface area (Å²) < 4.78 is 11.3. The monoisotopic (exact) mass is 339 g/mol. The van der Waals surface area contributed by atoms with Gasteiger partial charge in [0.2, 0.25) is 0 Å². The zero-order valence-corrected chi connectivity index (χ0v) is 15.2. The Bertz CT molecular complexity index is 636. The summed E-state index contributed by atoms with van der Waals surface area (Å²) >= 11 is 0. The van der Waals surface area contributed by atoms with Crippen molar-refractivity contribution in [2.45, 2.75) is 25.7 Å². The smallest absolute Gasteiger partial charge is 0.127 e. The molecular formula is C22H29NO2. The van der Waals surface area contributed by atoms with Gasteiger partial charge in [-0.15, -0.1) is 0 Å². The molecule has 0 radical (unpaired) electrons. The summed E-state index contributed by atoms with van der Waals surface area (Å²) in [5.74, 6) is 1.70. The van der Waals surface area contributed by atoms with E-state index in [0.717, 1.165) is 38.3 Å². The second kappa shape index (κ2) is 9.59. The number of hydrogen-bond donors (Lipinski definition) is 1. The maximum Gasteiger partial charge on any atom is 0.127 e. The summed E-state index contributed by atoms with van der Waals surface area (Å²) in [6.45, 7) is 3.69. The van der Waals surface area contributed by atoms with Gasteiger partial charge in [0.1, 0.15) is 5.75 Å². The SMILES string of the molecule is COCCCOc1cccc(CC2CCCNC2)c1-c1ccccc1. The van der Waals surface area contributed by atoms with Gasteiger partial charge in [0.25, 0.3) is 0 Å². The number of rotatable bonds is 8. The van der Waals surface area contributed by atoms with E-state index in [4.69, 9.17) is 9.47 Å². The highest BCUT2D eigenvalue weighted by molar-refractivity contribution is 5.74. The van der Waals surface area contributed by atoms with Crippen LogP contribution in [0.2, 0.25) is 0 Å². The average molecular weight is 339 g/mol. The quantitative estimate of drug-likeness (QED) is 0.727. The first kappa shape index (κ1) is 18.0. The summed E-state index contributed by atoms with van der Waals surface area (Å²) in [6, 6.07) is 17.1. The van der Waals surface area contributed by atoms with Crippen LogP contribution in [0.3, 0.4) is 0 Å². The van der Waals surface area contributed by atoms with Crippen LogP contribution in [-0.4, -0.2) is 33.4 Å². The molecule has 0 saturated carbocycles. The fourth-order valence-corrected chi connectivity index (χ4v) is 3.59. The van der Waals surface area contributed by atoms with E-state index in [9.17, 15) is 0 Å². The van der Waals surface area contributed by atoms with Crippen molar-refractivity contribution in [1.82, 2.24) is 5.32 Å². The number of hydrogen-bond acceptors (Lipinski definition) is 3. The number of piperidine rings is 1. The number of nitrogens with one attached hydrogen (secondary N) is 1. The third-order valence-corrected chi connectivity index (χ3v) is 4.83. The summed E-state index contributed by atoms with van der Waals surface area (Å²) in [6.07, 6.45) is 4.59. The van der Waals surface area contributed by atoms with Crippen LogP contribution in [0, 0.1) is 5.92 Å². The molecule has 0 aliphatic carbocycles. The summed E-state index contributed by atoms with van der Waals surface area (Å²) in [5, 5.41) is 3.53. The molecule has 1 heterocycles. The molecule has 0 amide bonds. The third-order valence-electron chi connectivity index (χ3n) is 4.83. The largest absolute Gasteiger partial charge is 0.493 e. The molecule has 1 N–H and O–H groups in total. The van der Waals surface area contributed by atoms with E-state index in [1.165, 1.54) is 29.5 Å². The first-order chi connectivity index (χ1) is 12.4. The molecule has 2 aromatic carbocycles. The van der Waals surface area contributed by atoms with Gasteiger partial charge in [-0.1, -0.05) is 42.5 Å². The minimum atomic E-state index is 0.683. The Morgan fingerprint density at radius 3 is 2.68 bits per heavy atom. The zero-order valence-electron chi connectivity index (χ0n) is 15.2. The number of benzene rings is 2. The Morgan fingerprint density at radius 2 is 1.92 bits per heavy atom. The van der Waals surface area contributed by atoms with Crippen LogP contribution in [0.15, 0.2) is 48.5 Å². The molecule has 3 rings (SSSR count). The molecule has 25 heavy (non-hydrogen) atoms. The summed E-state index contributed by atoms with van der Waals surface area (Å²) in [4.78, 5) is 0. The van der Waals surface area contributed by atoms with Crippen molar-refractivity contribution in [3.63, 3.8) is 0 Å². The Labute approximate surface area is 151 Å². The molecule has 1 saturated heterocycles. The second-order valence-corrected chi connectivity index (χ2v) is 6.77. The van der Waals surface area contributed by atoms with Crippen LogP contribution in [0.4, 0.5) is 0 Å². The highest BCUT2D eigenvalue weighted by Gasteiger charge is 2.18. The van der Waals surface area contributed by atoms with Crippen molar-refractivity contribution < 1.29 is 9.47 Å². The van der Waals surface area contributed by atoms with Gasteiger partial charge in [0, 0.05) is 25.7 Å². The number of methoxy groups -OCH3 is 1. The van der Waals surface area contributed by atoms with Crippen molar-refractivity contribution >= 4 is 0 Å². The van der Waals surface area contributed by atoms with Crippen LogP contribution in [0.5, 0.6) is 5.75 Å². The summed E-state index contributed by atoms with van der Waals surface area (Å²) in [5.41, 5.74) is 3.89. The fraction of sp³-hybridized carbons (Fsp3) is 0.455. The fourth-order valence-electron chi connectivity index (χ4n) is 3.59. The molecule has 134 valence electrons. The highest BCUT2D eigenvalue weighted by Crippen LogP contribution is 2.35. The topological polar surface area (TPSA) is 30.5 Å². The molecule has 1 fully saturated rings. The van der Waals surface area contributed by atoms with Gasteiger partial charge in [-0.05, 0) is 55.5 Å². The van der Waals surface area contributed by atoms with E-state index in [2.05, 4.69) is 53.8 Å². The molecule has 3 heteroatoms. The molecule has 0 spiro atoms. The third kappa shape index (κ3) is 5.07.